The van der Waals surface area contributed by atoms with Crippen LogP contribution in [0.25, 0.3) is 0 Å². The first-order chi connectivity index (χ1) is 6.86. The molecule has 2 atom stereocenters. The highest BCUT2D eigenvalue weighted by molar-refractivity contribution is 7.80. The fourth-order valence-corrected chi connectivity index (χ4v) is 2.72. The largest absolute Gasteiger partial charge is 0.303 e. The molecule has 15 heavy (non-hydrogen) atoms. The van der Waals surface area contributed by atoms with Crippen molar-refractivity contribution in [2.45, 2.75) is 46.6 Å². The quantitative estimate of drug-likeness (QED) is 0.708. The van der Waals surface area contributed by atoms with Crippen LogP contribution in [-0.4, -0.2) is 30.3 Å². The SMILES string of the molecule is CC(C1CC1)N(C)CC(CS)C(C)(C)C. The minimum atomic E-state index is 0.374. The van der Waals surface area contributed by atoms with Crippen LogP contribution in [0.2, 0.25) is 0 Å². The Labute approximate surface area is 101 Å². The molecule has 0 aromatic carbocycles. The minimum absolute atomic E-state index is 0.374. The van der Waals surface area contributed by atoms with Crippen molar-refractivity contribution in [3.8, 4) is 0 Å². The molecule has 2 unspecified atom stereocenters. The minimum Gasteiger partial charge on any atom is -0.303 e. The molecule has 1 fully saturated rings. The van der Waals surface area contributed by atoms with Gasteiger partial charge in [-0.2, -0.15) is 12.6 Å². The highest BCUT2D eigenvalue weighted by Crippen LogP contribution is 2.36. The maximum atomic E-state index is 4.49. The summed E-state index contributed by atoms with van der Waals surface area (Å²) in [6, 6.07) is 0.759. The van der Waals surface area contributed by atoms with Crippen molar-refractivity contribution in [2.24, 2.45) is 17.3 Å². The van der Waals surface area contributed by atoms with Gasteiger partial charge < -0.3 is 4.90 Å². The van der Waals surface area contributed by atoms with Gasteiger partial charge in [0.2, 0.25) is 0 Å². The summed E-state index contributed by atoms with van der Waals surface area (Å²) >= 11 is 4.49. The van der Waals surface area contributed by atoms with Gasteiger partial charge in [0.05, 0.1) is 0 Å². The van der Waals surface area contributed by atoms with Crippen LogP contribution in [-0.2, 0) is 0 Å². The smallest absolute Gasteiger partial charge is 0.00922 e. The van der Waals surface area contributed by atoms with E-state index in [0.717, 1.165) is 17.7 Å². The second-order valence-electron chi connectivity index (χ2n) is 6.26. The van der Waals surface area contributed by atoms with Crippen molar-refractivity contribution in [3.63, 3.8) is 0 Å². The van der Waals surface area contributed by atoms with Crippen LogP contribution < -0.4 is 0 Å². The molecule has 0 N–H and O–H groups in total. The molecular weight excluding hydrogens is 202 g/mol. The van der Waals surface area contributed by atoms with Crippen LogP contribution in [0.1, 0.15) is 40.5 Å². The van der Waals surface area contributed by atoms with E-state index in [9.17, 15) is 0 Å². The van der Waals surface area contributed by atoms with Gasteiger partial charge in [0.15, 0.2) is 0 Å². The first-order valence-electron chi connectivity index (χ1n) is 6.17. The van der Waals surface area contributed by atoms with E-state index in [0.29, 0.717) is 11.3 Å². The number of nitrogens with zero attached hydrogens (tertiary/aromatic N) is 1. The lowest BCUT2D eigenvalue weighted by molar-refractivity contribution is 0.148. The molecule has 2 heteroatoms. The van der Waals surface area contributed by atoms with Crippen LogP contribution in [0.15, 0.2) is 0 Å². The van der Waals surface area contributed by atoms with E-state index in [1.807, 2.05) is 0 Å². The van der Waals surface area contributed by atoms with E-state index in [1.165, 1.54) is 19.4 Å². The van der Waals surface area contributed by atoms with Gasteiger partial charge in [0.1, 0.15) is 0 Å². The summed E-state index contributed by atoms with van der Waals surface area (Å²) in [5.41, 5.74) is 0.374. The normalized spacial score (nSPS) is 21.8. The molecule has 1 rings (SSSR count). The topological polar surface area (TPSA) is 3.24 Å². The van der Waals surface area contributed by atoms with Gasteiger partial charge in [0.25, 0.3) is 0 Å². The third kappa shape index (κ3) is 3.99. The monoisotopic (exact) mass is 229 g/mol. The molecule has 0 bridgehead atoms. The molecule has 0 radical (unpaired) electrons. The van der Waals surface area contributed by atoms with Gasteiger partial charge in [-0.1, -0.05) is 20.8 Å². The predicted octanol–water partition coefficient (Wildman–Crippen LogP) is 3.31. The zero-order chi connectivity index (χ0) is 11.6. The average molecular weight is 229 g/mol. The van der Waals surface area contributed by atoms with E-state index in [1.54, 1.807) is 0 Å². The maximum Gasteiger partial charge on any atom is 0.00922 e. The Morgan fingerprint density at radius 1 is 1.33 bits per heavy atom. The van der Waals surface area contributed by atoms with Crippen molar-refractivity contribution in [2.75, 3.05) is 19.3 Å². The van der Waals surface area contributed by atoms with Crippen molar-refractivity contribution in [1.82, 2.24) is 4.90 Å². The Bertz CT molecular complexity index is 193. The first kappa shape index (κ1) is 13.4. The van der Waals surface area contributed by atoms with Crippen LogP contribution in [0.5, 0.6) is 0 Å². The lowest BCUT2D eigenvalue weighted by Crippen LogP contribution is -2.39. The lowest BCUT2D eigenvalue weighted by Gasteiger charge is -2.35. The molecule has 1 aliphatic carbocycles. The number of hydrogen-bond donors (Lipinski definition) is 1. The summed E-state index contributed by atoms with van der Waals surface area (Å²) in [5, 5.41) is 0. The van der Waals surface area contributed by atoms with Crippen molar-refractivity contribution in [3.05, 3.63) is 0 Å². The van der Waals surface area contributed by atoms with Crippen LogP contribution in [0, 0.1) is 17.3 Å². The molecule has 0 saturated heterocycles. The van der Waals surface area contributed by atoms with E-state index < -0.39 is 0 Å². The molecule has 0 spiro atoms. The second-order valence-corrected chi connectivity index (χ2v) is 6.63. The van der Waals surface area contributed by atoms with Gasteiger partial charge in [-0.25, -0.2) is 0 Å². The molecule has 90 valence electrons. The predicted molar refractivity (Wildman–Crippen MR) is 71.6 cm³/mol. The molecule has 1 aliphatic rings. The van der Waals surface area contributed by atoms with E-state index in [4.69, 9.17) is 0 Å². The highest BCUT2D eigenvalue weighted by Gasteiger charge is 2.32. The van der Waals surface area contributed by atoms with E-state index >= 15 is 0 Å². The van der Waals surface area contributed by atoms with Crippen molar-refractivity contribution >= 4 is 12.6 Å². The number of hydrogen-bond acceptors (Lipinski definition) is 2. The number of rotatable bonds is 5. The third-order valence-electron chi connectivity index (χ3n) is 3.95. The lowest BCUT2D eigenvalue weighted by atomic mass is 9.81. The molecule has 0 heterocycles. The molecule has 1 saturated carbocycles. The van der Waals surface area contributed by atoms with Gasteiger partial charge in [-0.3, -0.25) is 0 Å². The molecule has 0 amide bonds. The Kier molecular flexibility index (Phi) is 4.54. The van der Waals surface area contributed by atoms with Crippen LogP contribution in [0.4, 0.5) is 0 Å². The van der Waals surface area contributed by atoms with Crippen molar-refractivity contribution in [1.29, 1.82) is 0 Å². The highest BCUT2D eigenvalue weighted by atomic mass is 32.1. The molecule has 0 aromatic rings. The Balaban J connectivity index is 2.43. The van der Waals surface area contributed by atoms with Crippen LogP contribution >= 0.6 is 12.6 Å². The molecule has 0 aromatic heterocycles. The van der Waals surface area contributed by atoms with E-state index in [2.05, 4.69) is 52.3 Å². The Morgan fingerprint density at radius 2 is 1.87 bits per heavy atom. The zero-order valence-corrected chi connectivity index (χ0v) is 11.8. The van der Waals surface area contributed by atoms with Gasteiger partial charge in [-0.05, 0) is 49.8 Å². The van der Waals surface area contributed by atoms with E-state index in [-0.39, 0.29) is 0 Å². The molecular formula is C13H27NS. The maximum absolute atomic E-state index is 4.49. The third-order valence-corrected chi connectivity index (χ3v) is 4.39. The zero-order valence-electron chi connectivity index (χ0n) is 11.0. The Hall–Kier alpha value is 0.310. The van der Waals surface area contributed by atoms with Gasteiger partial charge >= 0.3 is 0 Å². The first-order valence-corrected chi connectivity index (χ1v) is 6.80. The second kappa shape index (κ2) is 5.09. The number of thiol groups is 1. The van der Waals surface area contributed by atoms with Crippen molar-refractivity contribution < 1.29 is 0 Å². The molecule has 1 nitrogen and oxygen atoms in total. The fourth-order valence-electron chi connectivity index (χ4n) is 2.06. The van der Waals surface area contributed by atoms with Gasteiger partial charge in [0, 0.05) is 12.6 Å². The summed E-state index contributed by atoms with van der Waals surface area (Å²) < 4.78 is 0. The van der Waals surface area contributed by atoms with Crippen LogP contribution in [0.3, 0.4) is 0 Å². The summed E-state index contributed by atoms with van der Waals surface area (Å²) in [6.07, 6.45) is 2.87. The summed E-state index contributed by atoms with van der Waals surface area (Å²) in [4.78, 5) is 2.53. The summed E-state index contributed by atoms with van der Waals surface area (Å²) in [7, 11) is 2.27. The Morgan fingerprint density at radius 3 is 2.20 bits per heavy atom. The average Bonchev–Trinajstić information content (AvgIpc) is 2.93. The summed E-state index contributed by atoms with van der Waals surface area (Å²) in [5.74, 6) is 2.65. The fraction of sp³-hybridized carbons (Fsp3) is 1.00. The standard InChI is InChI=1S/C13H27NS/c1-10(11-6-7-11)14(5)8-12(9-15)13(2,3)4/h10-12,15H,6-9H2,1-5H3. The molecule has 0 aliphatic heterocycles. The summed E-state index contributed by atoms with van der Waals surface area (Å²) in [6.45, 7) is 10.5. The van der Waals surface area contributed by atoms with Gasteiger partial charge in [-0.15, -0.1) is 0 Å².